The maximum absolute atomic E-state index is 6.28. The minimum absolute atomic E-state index is 0.588. The predicted molar refractivity (Wildman–Crippen MR) is 118 cm³/mol. The topological polar surface area (TPSA) is 56.7 Å². The third-order valence-corrected chi connectivity index (χ3v) is 6.51. The molecule has 0 bridgehead atoms. The van der Waals surface area contributed by atoms with E-state index in [1.54, 1.807) is 23.1 Å². The Morgan fingerprint density at radius 2 is 2.11 bits per heavy atom. The molecule has 0 aliphatic carbocycles. The Hall–Kier alpha value is -1.87. The van der Waals surface area contributed by atoms with Gasteiger partial charge in [0, 0.05) is 23.2 Å². The molecule has 142 valence electrons. The van der Waals surface area contributed by atoms with Crippen LogP contribution in [0.1, 0.15) is 5.69 Å². The fourth-order valence-corrected chi connectivity index (χ4v) is 4.97. The molecule has 0 saturated carbocycles. The third-order valence-electron chi connectivity index (χ3n) is 3.83. The van der Waals surface area contributed by atoms with Crippen LogP contribution in [0.4, 0.5) is 0 Å². The van der Waals surface area contributed by atoms with Gasteiger partial charge in [0.1, 0.15) is 5.01 Å². The fraction of sp³-hybridized carbons (Fsp3) is 0.105. The van der Waals surface area contributed by atoms with Gasteiger partial charge in [-0.15, -0.1) is 28.1 Å². The molecule has 3 aromatic heterocycles. The molecule has 5 nitrogen and oxygen atoms in total. The lowest BCUT2D eigenvalue weighted by molar-refractivity contribution is 0.545. The molecule has 3 heterocycles. The number of halogens is 2. The molecule has 0 amide bonds. The lowest BCUT2D eigenvalue weighted by Crippen LogP contribution is -2.00. The molecule has 0 unspecified atom stereocenters. The summed E-state index contributed by atoms with van der Waals surface area (Å²) in [7, 11) is 0. The first kappa shape index (κ1) is 19.4. The van der Waals surface area contributed by atoms with E-state index in [-0.39, 0.29) is 0 Å². The molecule has 0 saturated heterocycles. The highest BCUT2D eigenvalue weighted by Gasteiger charge is 2.17. The van der Waals surface area contributed by atoms with Crippen molar-refractivity contribution >= 4 is 50.6 Å². The Morgan fingerprint density at radius 3 is 2.86 bits per heavy atom. The maximum Gasteiger partial charge on any atom is 0.200 e. The normalized spacial score (nSPS) is 11.1. The van der Waals surface area contributed by atoms with Crippen LogP contribution in [0.25, 0.3) is 22.2 Å². The largest absolute Gasteiger partial charge is 0.446 e. The van der Waals surface area contributed by atoms with Crippen LogP contribution >= 0.6 is 50.6 Å². The summed E-state index contributed by atoms with van der Waals surface area (Å²) in [6, 6.07) is 11.4. The van der Waals surface area contributed by atoms with Crippen molar-refractivity contribution in [1.82, 2.24) is 19.7 Å². The van der Waals surface area contributed by atoms with Crippen molar-refractivity contribution in [3.8, 4) is 22.2 Å². The van der Waals surface area contributed by atoms with Gasteiger partial charge in [-0.3, -0.25) is 4.57 Å². The molecular formula is C19H14BrClN4OS2. The van der Waals surface area contributed by atoms with Crippen LogP contribution in [0, 0.1) is 0 Å². The predicted octanol–water partition coefficient (Wildman–Crippen LogP) is 6.56. The van der Waals surface area contributed by atoms with Gasteiger partial charge in [0.25, 0.3) is 0 Å². The van der Waals surface area contributed by atoms with Gasteiger partial charge in [-0.1, -0.05) is 47.6 Å². The van der Waals surface area contributed by atoms with Crippen molar-refractivity contribution in [1.29, 1.82) is 0 Å². The summed E-state index contributed by atoms with van der Waals surface area (Å²) in [6.45, 7) is 4.42. The van der Waals surface area contributed by atoms with Gasteiger partial charge in [0.05, 0.1) is 10.7 Å². The number of hydrogen-bond donors (Lipinski definition) is 0. The van der Waals surface area contributed by atoms with Gasteiger partial charge in [-0.05, 0) is 34.1 Å². The van der Waals surface area contributed by atoms with Crippen molar-refractivity contribution < 1.29 is 4.42 Å². The third kappa shape index (κ3) is 4.10. The lowest BCUT2D eigenvalue weighted by atomic mass is 10.2. The highest BCUT2D eigenvalue weighted by atomic mass is 79.9. The average molecular weight is 494 g/mol. The minimum atomic E-state index is 0.588. The van der Waals surface area contributed by atoms with Crippen LogP contribution in [0.5, 0.6) is 0 Å². The number of rotatable bonds is 7. The van der Waals surface area contributed by atoms with Gasteiger partial charge < -0.3 is 4.42 Å². The molecule has 0 spiro atoms. The smallest absolute Gasteiger partial charge is 0.200 e. The summed E-state index contributed by atoms with van der Waals surface area (Å²) in [5, 5.41) is 13.1. The first-order chi connectivity index (χ1) is 13.7. The van der Waals surface area contributed by atoms with Crippen LogP contribution in [-0.4, -0.2) is 19.7 Å². The number of nitrogens with zero attached hydrogens (tertiary/aromatic N) is 4. The van der Waals surface area contributed by atoms with Crippen molar-refractivity contribution in [3.63, 3.8) is 0 Å². The molecule has 0 N–H and O–H groups in total. The molecule has 4 aromatic rings. The summed E-state index contributed by atoms with van der Waals surface area (Å²) in [5.41, 5.74) is 1.92. The van der Waals surface area contributed by atoms with Crippen molar-refractivity contribution in [2.24, 2.45) is 0 Å². The van der Waals surface area contributed by atoms with Gasteiger partial charge in [0.2, 0.25) is 5.82 Å². The number of thiazole rings is 1. The van der Waals surface area contributed by atoms with E-state index < -0.39 is 0 Å². The first-order valence-corrected chi connectivity index (χ1v) is 11.3. The van der Waals surface area contributed by atoms with Crippen molar-refractivity contribution in [2.45, 2.75) is 17.5 Å². The molecule has 4 rings (SSSR count). The van der Waals surface area contributed by atoms with E-state index in [9.17, 15) is 0 Å². The Labute approximate surface area is 183 Å². The zero-order chi connectivity index (χ0) is 19.5. The summed E-state index contributed by atoms with van der Waals surface area (Å²) >= 11 is 12.8. The van der Waals surface area contributed by atoms with Gasteiger partial charge in [0.15, 0.2) is 15.6 Å². The Bertz CT molecular complexity index is 1120. The standard InChI is InChI=1S/C19H14BrClN4OS2/c1-2-9-25-17(15-7-8-16(20)26-15)23-24-19(25)28-11-12-10-27-18(22-12)13-5-3-4-6-14(13)21/h2-8,10H,1,9,11H2. The minimum Gasteiger partial charge on any atom is -0.446 e. The van der Waals surface area contributed by atoms with Gasteiger partial charge in [-0.25, -0.2) is 4.98 Å². The maximum atomic E-state index is 6.28. The zero-order valence-electron chi connectivity index (χ0n) is 14.5. The molecule has 0 atom stereocenters. The molecule has 0 radical (unpaired) electrons. The van der Waals surface area contributed by atoms with Crippen LogP contribution in [0.2, 0.25) is 5.02 Å². The molecule has 0 fully saturated rings. The second kappa shape index (κ2) is 8.65. The van der Waals surface area contributed by atoms with Crippen LogP contribution < -0.4 is 0 Å². The van der Waals surface area contributed by atoms with Crippen LogP contribution in [-0.2, 0) is 12.3 Å². The molecule has 0 aliphatic heterocycles. The number of allylic oxidation sites excluding steroid dienone is 1. The van der Waals surface area contributed by atoms with E-state index in [1.165, 1.54) is 0 Å². The molecular weight excluding hydrogens is 480 g/mol. The lowest BCUT2D eigenvalue weighted by Gasteiger charge is -2.05. The number of furan rings is 1. The number of thioether (sulfide) groups is 1. The van der Waals surface area contributed by atoms with E-state index in [0.717, 1.165) is 21.4 Å². The quantitative estimate of drug-likeness (QED) is 0.216. The highest BCUT2D eigenvalue weighted by Crippen LogP contribution is 2.33. The Morgan fingerprint density at radius 1 is 1.25 bits per heavy atom. The second-order valence-electron chi connectivity index (χ2n) is 5.72. The Kier molecular flexibility index (Phi) is 6.01. The van der Waals surface area contributed by atoms with Gasteiger partial charge >= 0.3 is 0 Å². The summed E-state index contributed by atoms with van der Waals surface area (Å²) in [4.78, 5) is 4.71. The second-order valence-corrected chi connectivity index (χ2v) is 8.71. The highest BCUT2D eigenvalue weighted by molar-refractivity contribution is 9.10. The fourth-order valence-electron chi connectivity index (χ4n) is 2.58. The number of aromatic nitrogens is 4. The first-order valence-electron chi connectivity index (χ1n) is 8.27. The van der Waals surface area contributed by atoms with E-state index in [1.807, 2.05) is 52.4 Å². The zero-order valence-corrected chi connectivity index (χ0v) is 18.5. The summed E-state index contributed by atoms with van der Waals surface area (Å²) < 4.78 is 8.25. The van der Waals surface area contributed by atoms with E-state index in [0.29, 0.717) is 33.6 Å². The molecule has 28 heavy (non-hydrogen) atoms. The van der Waals surface area contributed by atoms with Crippen LogP contribution in [0.3, 0.4) is 0 Å². The summed E-state index contributed by atoms with van der Waals surface area (Å²) in [6.07, 6.45) is 1.81. The van der Waals surface area contributed by atoms with Gasteiger partial charge in [-0.2, -0.15) is 0 Å². The number of benzene rings is 1. The van der Waals surface area contributed by atoms with Crippen LogP contribution in [0.15, 0.2) is 68.7 Å². The summed E-state index contributed by atoms with van der Waals surface area (Å²) in [5.74, 6) is 2.00. The monoisotopic (exact) mass is 492 g/mol. The van der Waals surface area contributed by atoms with E-state index >= 15 is 0 Å². The molecule has 1 aromatic carbocycles. The van der Waals surface area contributed by atoms with E-state index in [2.05, 4.69) is 32.7 Å². The van der Waals surface area contributed by atoms with Crippen molar-refractivity contribution in [2.75, 3.05) is 0 Å². The number of hydrogen-bond acceptors (Lipinski definition) is 6. The molecule has 9 heteroatoms. The van der Waals surface area contributed by atoms with E-state index in [4.69, 9.17) is 21.0 Å². The van der Waals surface area contributed by atoms with Crippen molar-refractivity contribution in [3.05, 3.63) is 69.8 Å². The average Bonchev–Trinajstić information content (AvgIpc) is 3.41. The SMILES string of the molecule is C=CCn1c(SCc2csc(-c3ccccc3Cl)n2)nnc1-c1ccc(Br)o1. The molecule has 0 aliphatic rings. The Balaban J connectivity index is 1.53.